The van der Waals surface area contributed by atoms with Gasteiger partial charge in [0.1, 0.15) is 0 Å². The third-order valence-corrected chi connectivity index (χ3v) is 3.53. The molecular weight excluding hydrogens is 248 g/mol. The van der Waals surface area contributed by atoms with Crippen LogP contribution in [0, 0.1) is 6.92 Å². The highest BCUT2D eigenvalue weighted by molar-refractivity contribution is 9.10. The molecule has 0 unspecified atom stereocenters. The van der Waals surface area contributed by atoms with Gasteiger partial charge in [-0.2, -0.15) is 0 Å². The quantitative estimate of drug-likeness (QED) is 0.676. The first-order valence-electron chi connectivity index (χ1n) is 5.28. The van der Waals surface area contributed by atoms with E-state index in [0.29, 0.717) is 5.92 Å². The van der Waals surface area contributed by atoms with E-state index in [1.807, 2.05) is 0 Å². The molecule has 0 fully saturated rings. The maximum absolute atomic E-state index is 3.59. The van der Waals surface area contributed by atoms with E-state index in [0.717, 1.165) is 0 Å². The number of halogens is 1. The SMILES string of the molecule is Cc1cc2c(Br)cccc2cc1C(C)C. The van der Waals surface area contributed by atoms with Crippen LogP contribution in [-0.4, -0.2) is 0 Å². The van der Waals surface area contributed by atoms with Crippen molar-refractivity contribution in [3.8, 4) is 0 Å². The number of rotatable bonds is 1. The van der Waals surface area contributed by atoms with E-state index in [-0.39, 0.29) is 0 Å². The molecule has 0 spiro atoms. The molecule has 2 aromatic rings. The maximum atomic E-state index is 3.59. The second-order valence-corrected chi connectivity index (χ2v) is 5.18. The lowest BCUT2D eigenvalue weighted by atomic mass is 9.94. The second kappa shape index (κ2) is 3.97. The molecule has 1 heteroatoms. The average molecular weight is 263 g/mol. The molecule has 0 saturated heterocycles. The van der Waals surface area contributed by atoms with Crippen LogP contribution in [-0.2, 0) is 0 Å². The highest BCUT2D eigenvalue weighted by atomic mass is 79.9. The van der Waals surface area contributed by atoms with Crippen LogP contribution < -0.4 is 0 Å². The monoisotopic (exact) mass is 262 g/mol. The van der Waals surface area contributed by atoms with Gasteiger partial charge in [-0.15, -0.1) is 0 Å². The summed E-state index contributed by atoms with van der Waals surface area (Å²) in [6, 6.07) is 10.9. The van der Waals surface area contributed by atoms with E-state index >= 15 is 0 Å². The average Bonchev–Trinajstić information content (AvgIpc) is 2.18. The van der Waals surface area contributed by atoms with E-state index in [4.69, 9.17) is 0 Å². The van der Waals surface area contributed by atoms with E-state index in [2.05, 4.69) is 67.0 Å². The van der Waals surface area contributed by atoms with Crippen LogP contribution in [0.5, 0.6) is 0 Å². The Hall–Kier alpha value is -0.820. The van der Waals surface area contributed by atoms with Crippen molar-refractivity contribution in [2.75, 3.05) is 0 Å². The summed E-state index contributed by atoms with van der Waals surface area (Å²) >= 11 is 3.59. The summed E-state index contributed by atoms with van der Waals surface area (Å²) in [4.78, 5) is 0. The van der Waals surface area contributed by atoms with Gasteiger partial charge in [0.25, 0.3) is 0 Å². The molecule has 0 heterocycles. The lowest BCUT2D eigenvalue weighted by Gasteiger charge is -2.12. The first kappa shape index (κ1) is 10.7. The van der Waals surface area contributed by atoms with Crippen molar-refractivity contribution in [1.82, 2.24) is 0 Å². The van der Waals surface area contributed by atoms with Gasteiger partial charge in [0.15, 0.2) is 0 Å². The largest absolute Gasteiger partial charge is 0.0605 e. The van der Waals surface area contributed by atoms with E-state index in [1.54, 1.807) is 0 Å². The lowest BCUT2D eigenvalue weighted by molar-refractivity contribution is 0.859. The molecule has 0 aliphatic carbocycles. The van der Waals surface area contributed by atoms with Crippen molar-refractivity contribution in [3.63, 3.8) is 0 Å². The van der Waals surface area contributed by atoms with Crippen LogP contribution >= 0.6 is 15.9 Å². The molecule has 0 atom stereocenters. The number of hydrogen-bond acceptors (Lipinski definition) is 0. The van der Waals surface area contributed by atoms with Crippen molar-refractivity contribution in [1.29, 1.82) is 0 Å². The van der Waals surface area contributed by atoms with Gasteiger partial charge in [0.2, 0.25) is 0 Å². The molecular formula is C14H15Br. The zero-order chi connectivity index (χ0) is 11.0. The van der Waals surface area contributed by atoms with Crippen molar-refractivity contribution in [2.24, 2.45) is 0 Å². The molecule has 0 aromatic heterocycles. The lowest BCUT2D eigenvalue weighted by Crippen LogP contribution is -1.92. The summed E-state index contributed by atoms with van der Waals surface area (Å²) in [6.07, 6.45) is 0. The van der Waals surface area contributed by atoms with Crippen molar-refractivity contribution in [2.45, 2.75) is 26.7 Å². The van der Waals surface area contributed by atoms with Gasteiger partial charge < -0.3 is 0 Å². The Balaban J connectivity index is 2.76. The number of aryl methyl sites for hydroxylation is 1. The standard InChI is InChI=1S/C14H15Br/c1-9(2)12-8-11-5-4-6-14(15)13(11)7-10(12)3/h4-9H,1-3H3. The zero-order valence-electron chi connectivity index (χ0n) is 9.34. The van der Waals surface area contributed by atoms with Crippen molar-refractivity contribution < 1.29 is 0 Å². The number of fused-ring (bicyclic) bond motifs is 1. The first-order valence-corrected chi connectivity index (χ1v) is 6.07. The van der Waals surface area contributed by atoms with E-state index < -0.39 is 0 Å². The first-order chi connectivity index (χ1) is 7.09. The molecule has 0 aliphatic rings. The van der Waals surface area contributed by atoms with Gasteiger partial charge in [-0.25, -0.2) is 0 Å². The Morgan fingerprint density at radius 3 is 2.53 bits per heavy atom. The summed E-state index contributed by atoms with van der Waals surface area (Å²) in [6.45, 7) is 6.67. The summed E-state index contributed by atoms with van der Waals surface area (Å²) < 4.78 is 1.18. The molecule has 2 rings (SSSR count). The highest BCUT2D eigenvalue weighted by Gasteiger charge is 2.06. The van der Waals surface area contributed by atoms with Crippen LogP contribution in [0.4, 0.5) is 0 Å². The Labute approximate surface area is 99.4 Å². The minimum atomic E-state index is 0.591. The fraction of sp³-hybridized carbons (Fsp3) is 0.286. The topological polar surface area (TPSA) is 0 Å². The Kier molecular flexibility index (Phi) is 2.83. The van der Waals surface area contributed by atoms with Crippen LogP contribution in [0.2, 0.25) is 0 Å². The fourth-order valence-electron chi connectivity index (χ4n) is 2.04. The molecule has 15 heavy (non-hydrogen) atoms. The molecule has 0 N–H and O–H groups in total. The Morgan fingerprint density at radius 2 is 1.87 bits per heavy atom. The molecule has 0 aliphatic heterocycles. The Morgan fingerprint density at radius 1 is 1.13 bits per heavy atom. The Bertz CT molecular complexity index is 498. The van der Waals surface area contributed by atoms with Gasteiger partial charge >= 0.3 is 0 Å². The maximum Gasteiger partial charge on any atom is 0.0253 e. The van der Waals surface area contributed by atoms with E-state index in [1.165, 1.54) is 26.4 Å². The molecule has 0 bridgehead atoms. The van der Waals surface area contributed by atoms with Crippen LogP contribution in [0.1, 0.15) is 30.9 Å². The third-order valence-electron chi connectivity index (χ3n) is 2.84. The van der Waals surface area contributed by atoms with Crippen molar-refractivity contribution in [3.05, 3.63) is 45.9 Å². The van der Waals surface area contributed by atoms with E-state index in [9.17, 15) is 0 Å². The predicted molar refractivity (Wildman–Crippen MR) is 70.5 cm³/mol. The second-order valence-electron chi connectivity index (χ2n) is 4.32. The van der Waals surface area contributed by atoms with Gasteiger partial charge in [0, 0.05) is 4.47 Å². The minimum Gasteiger partial charge on any atom is -0.0605 e. The summed E-state index contributed by atoms with van der Waals surface area (Å²) in [5.74, 6) is 0.591. The summed E-state index contributed by atoms with van der Waals surface area (Å²) in [7, 11) is 0. The molecule has 2 aromatic carbocycles. The molecule has 78 valence electrons. The molecule has 0 radical (unpaired) electrons. The summed E-state index contributed by atoms with van der Waals surface area (Å²) in [5.41, 5.74) is 2.82. The van der Waals surface area contributed by atoms with Gasteiger partial charge in [-0.3, -0.25) is 0 Å². The summed E-state index contributed by atoms with van der Waals surface area (Å²) in [5, 5.41) is 2.62. The third kappa shape index (κ3) is 1.93. The van der Waals surface area contributed by atoms with Gasteiger partial charge in [-0.05, 0) is 40.8 Å². The molecule has 0 amide bonds. The minimum absolute atomic E-state index is 0.591. The number of hydrogen-bond donors (Lipinski definition) is 0. The zero-order valence-corrected chi connectivity index (χ0v) is 10.9. The van der Waals surface area contributed by atoms with Gasteiger partial charge in [0.05, 0.1) is 0 Å². The molecule has 0 saturated carbocycles. The molecule has 0 nitrogen and oxygen atoms in total. The normalized spacial score (nSPS) is 11.3. The predicted octanol–water partition coefficient (Wildman–Crippen LogP) is 5.03. The highest BCUT2D eigenvalue weighted by Crippen LogP contribution is 2.29. The van der Waals surface area contributed by atoms with Gasteiger partial charge in [-0.1, -0.05) is 54.0 Å². The van der Waals surface area contributed by atoms with Crippen LogP contribution in [0.15, 0.2) is 34.8 Å². The smallest absolute Gasteiger partial charge is 0.0253 e. The fourth-order valence-corrected chi connectivity index (χ4v) is 2.53. The number of benzene rings is 2. The van der Waals surface area contributed by atoms with Crippen LogP contribution in [0.25, 0.3) is 10.8 Å². The van der Waals surface area contributed by atoms with Crippen molar-refractivity contribution >= 4 is 26.7 Å². The van der Waals surface area contributed by atoms with Crippen LogP contribution in [0.3, 0.4) is 0 Å².